The first-order valence-electron chi connectivity index (χ1n) is 6.89. The fraction of sp³-hybridized carbons (Fsp3) is 0.235. The summed E-state index contributed by atoms with van der Waals surface area (Å²) in [7, 11) is 0. The van der Waals surface area contributed by atoms with Gasteiger partial charge in [0.05, 0.1) is 18.7 Å². The topological polar surface area (TPSA) is 58.6 Å². The van der Waals surface area contributed by atoms with E-state index in [1.165, 1.54) is 0 Å². The van der Waals surface area contributed by atoms with Gasteiger partial charge in [0, 0.05) is 0 Å². The van der Waals surface area contributed by atoms with Crippen LogP contribution in [0.4, 0.5) is 5.69 Å². The first-order chi connectivity index (χ1) is 10.1. The summed E-state index contributed by atoms with van der Waals surface area (Å²) in [5.74, 6) is 0.700. The van der Waals surface area contributed by atoms with Crippen molar-refractivity contribution in [3.8, 4) is 11.5 Å². The lowest BCUT2D eigenvalue weighted by Crippen LogP contribution is -2.14. The van der Waals surface area contributed by atoms with E-state index in [1.807, 2.05) is 44.2 Å². The molecule has 0 fully saturated rings. The van der Waals surface area contributed by atoms with Crippen LogP contribution in [0.1, 0.15) is 18.1 Å². The fourth-order valence-corrected chi connectivity index (χ4v) is 2.00. The van der Waals surface area contributed by atoms with Crippen molar-refractivity contribution in [2.75, 3.05) is 11.9 Å². The van der Waals surface area contributed by atoms with E-state index in [4.69, 9.17) is 4.74 Å². The highest BCUT2D eigenvalue weighted by atomic mass is 16.5. The SMILES string of the molecule is CCOc1ccc(CC(=O)Nc2ccc(C)cc2O)cc1. The van der Waals surface area contributed by atoms with Gasteiger partial charge in [-0.15, -0.1) is 0 Å². The molecule has 21 heavy (non-hydrogen) atoms. The van der Waals surface area contributed by atoms with Crippen molar-refractivity contribution in [2.45, 2.75) is 20.3 Å². The molecule has 4 nitrogen and oxygen atoms in total. The van der Waals surface area contributed by atoms with Gasteiger partial charge >= 0.3 is 0 Å². The van der Waals surface area contributed by atoms with Gasteiger partial charge in [0.2, 0.25) is 5.91 Å². The molecular weight excluding hydrogens is 266 g/mol. The summed E-state index contributed by atoms with van der Waals surface area (Å²) in [5.41, 5.74) is 2.26. The molecule has 0 heterocycles. The van der Waals surface area contributed by atoms with E-state index in [0.717, 1.165) is 16.9 Å². The number of aromatic hydroxyl groups is 1. The highest BCUT2D eigenvalue weighted by molar-refractivity contribution is 5.93. The number of aryl methyl sites for hydroxylation is 1. The molecule has 0 aromatic heterocycles. The van der Waals surface area contributed by atoms with E-state index in [1.54, 1.807) is 12.1 Å². The third-order valence-electron chi connectivity index (χ3n) is 3.03. The van der Waals surface area contributed by atoms with Crippen molar-refractivity contribution >= 4 is 11.6 Å². The second-order valence-corrected chi connectivity index (χ2v) is 4.82. The van der Waals surface area contributed by atoms with Gasteiger partial charge in [0.1, 0.15) is 11.5 Å². The molecule has 0 atom stereocenters. The third kappa shape index (κ3) is 4.24. The Labute approximate surface area is 124 Å². The van der Waals surface area contributed by atoms with Gasteiger partial charge in [0.25, 0.3) is 0 Å². The van der Waals surface area contributed by atoms with Gasteiger partial charge in [-0.1, -0.05) is 18.2 Å². The minimum atomic E-state index is -0.168. The van der Waals surface area contributed by atoms with E-state index < -0.39 is 0 Å². The Morgan fingerprint density at radius 3 is 2.52 bits per heavy atom. The second-order valence-electron chi connectivity index (χ2n) is 4.82. The number of ether oxygens (including phenoxy) is 1. The number of anilines is 1. The molecule has 0 aliphatic rings. The molecule has 0 aliphatic heterocycles. The highest BCUT2D eigenvalue weighted by Gasteiger charge is 2.07. The van der Waals surface area contributed by atoms with Crippen LogP contribution in [0.25, 0.3) is 0 Å². The third-order valence-corrected chi connectivity index (χ3v) is 3.03. The maximum absolute atomic E-state index is 12.0. The van der Waals surface area contributed by atoms with Crippen LogP contribution in [0.15, 0.2) is 42.5 Å². The van der Waals surface area contributed by atoms with Crippen LogP contribution < -0.4 is 10.1 Å². The number of rotatable bonds is 5. The molecule has 0 bridgehead atoms. The number of carbonyl (C=O) groups excluding carboxylic acids is 1. The number of phenolic OH excluding ortho intramolecular Hbond substituents is 1. The van der Waals surface area contributed by atoms with Gasteiger partial charge in [0.15, 0.2) is 0 Å². The molecule has 0 aliphatic carbocycles. The summed E-state index contributed by atoms with van der Waals surface area (Å²) in [6.07, 6.45) is 0.250. The van der Waals surface area contributed by atoms with Crippen LogP contribution in [0.3, 0.4) is 0 Å². The Morgan fingerprint density at radius 2 is 1.90 bits per heavy atom. The highest BCUT2D eigenvalue weighted by Crippen LogP contribution is 2.24. The van der Waals surface area contributed by atoms with E-state index >= 15 is 0 Å². The summed E-state index contributed by atoms with van der Waals surface area (Å²) < 4.78 is 5.35. The lowest BCUT2D eigenvalue weighted by Gasteiger charge is -2.08. The molecule has 0 radical (unpaired) electrons. The molecule has 110 valence electrons. The van der Waals surface area contributed by atoms with E-state index in [0.29, 0.717) is 12.3 Å². The summed E-state index contributed by atoms with van der Waals surface area (Å²) in [5, 5.41) is 12.5. The molecule has 1 amide bonds. The minimum absolute atomic E-state index is 0.0787. The quantitative estimate of drug-likeness (QED) is 0.829. The average molecular weight is 285 g/mol. The maximum Gasteiger partial charge on any atom is 0.228 e. The molecule has 2 aromatic carbocycles. The fourth-order valence-electron chi connectivity index (χ4n) is 2.00. The number of amides is 1. The zero-order chi connectivity index (χ0) is 15.2. The first kappa shape index (κ1) is 14.9. The Balaban J connectivity index is 1.98. The van der Waals surface area contributed by atoms with Crippen LogP contribution in [-0.4, -0.2) is 17.6 Å². The van der Waals surface area contributed by atoms with Crippen LogP contribution in [0.5, 0.6) is 11.5 Å². The number of phenols is 1. The van der Waals surface area contributed by atoms with Gasteiger partial charge in [-0.3, -0.25) is 4.79 Å². The summed E-state index contributed by atoms with van der Waals surface area (Å²) in [4.78, 5) is 12.0. The maximum atomic E-state index is 12.0. The lowest BCUT2D eigenvalue weighted by molar-refractivity contribution is -0.115. The largest absolute Gasteiger partial charge is 0.506 e. The van der Waals surface area contributed by atoms with E-state index in [2.05, 4.69) is 5.32 Å². The number of nitrogens with one attached hydrogen (secondary N) is 1. The Bertz CT molecular complexity index is 620. The van der Waals surface area contributed by atoms with Gasteiger partial charge in [-0.05, 0) is 49.2 Å². The average Bonchev–Trinajstić information content (AvgIpc) is 2.44. The predicted molar refractivity (Wildman–Crippen MR) is 82.8 cm³/mol. The smallest absolute Gasteiger partial charge is 0.228 e. The van der Waals surface area contributed by atoms with Crippen LogP contribution >= 0.6 is 0 Å². The molecule has 4 heteroatoms. The van der Waals surface area contributed by atoms with Crippen molar-refractivity contribution < 1.29 is 14.6 Å². The van der Waals surface area contributed by atoms with Crippen molar-refractivity contribution in [1.82, 2.24) is 0 Å². The number of carbonyl (C=O) groups is 1. The first-order valence-corrected chi connectivity index (χ1v) is 6.89. The zero-order valence-electron chi connectivity index (χ0n) is 12.2. The van der Waals surface area contributed by atoms with Crippen molar-refractivity contribution in [1.29, 1.82) is 0 Å². The van der Waals surface area contributed by atoms with Crippen LogP contribution in [-0.2, 0) is 11.2 Å². The van der Waals surface area contributed by atoms with Gasteiger partial charge < -0.3 is 15.2 Å². The van der Waals surface area contributed by atoms with Crippen molar-refractivity contribution in [3.63, 3.8) is 0 Å². The zero-order valence-corrected chi connectivity index (χ0v) is 12.2. The second kappa shape index (κ2) is 6.79. The molecule has 0 spiro atoms. The molecule has 2 N–H and O–H groups in total. The number of hydrogen-bond acceptors (Lipinski definition) is 3. The van der Waals surface area contributed by atoms with Crippen molar-refractivity contribution in [2.24, 2.45) is 0 Å². The molecule has 0 saturated heterocycles. The summed E-state index contributed by atoms with van der Waals surface area (Å²) >= 11 is 0. The number of benzene rings is 2. The summed E-state index contributed by atoms with van der Waals surface area (Å²) in [6.45, 7) is 4.42. The monoisotopic (exact) mass is 285 g/mol. The lowest BCUT2D eigenvalue weighted by atomic mass is 10.1. The normalized spacial score (nSPS) is 10.2. The molecule has 2 rings (SSSR count). The molecule has 2 aromatic rings. The molecule has 0 saturated carbocycles. The number of hydrogen-bond donors (Lipinski definition) is 2. The van der Waals surface area contributed by atoms with E-state index in [-0.39, 0.29) is 18.1 Å². The summed E-state index contributed by atoms with van der Waals surface area (Å²) in [6, 6.07) is 12.6. The van der Waals surface area contributed by atoms with E-state index in [9.17, 15) is 9.90 Å². The minimum Gasteiger partial charge on any atom is -0.506 e. The van der Waals surface area contributed by atoms with Crippen LogP contribution in [0, 0.1) is 6.92 Å². The van der Waals surface area contributed by atoms with Gasteiger partial charge in [-0.25, -0.2) is 0 Å². The molecule has 0 unspecified atom stereocenters. The van der Waals surface area contributed by atoms with Crippen molar-refractivity contribution in [3.05, 3.63) is 53.6 Å². The van der Waals surface area contributed by atoms with Crippen LogP contribution in [0.2, 0.25) is 0 Å². The predicted octanol–water partition coefficient (Wildman–Crippen LogP) is 3.28. The Kier molecular flexibility index (Phi) is 4.82. The molecular formula is C17H19NO3. The van der Waals surface area contributed by atoms with Gasteiger partial charge in [-0.2, -0.15) is 0 Å². The Hall–Kier alpha value is -2.49. The standard InChI is InChI=1S/C17H19NO3/c1-3-21-14-7-5-13(6-8-14)11-17(20)18-15-9-4-12(2)10-16(15)19/h4-10,19H,3,11H2,1-2H3,(H,18,20). The Morgan fingerprint density at radius 1 is 1.19 bits per heavy atom.